The van der Waals surface area contributed by atoms with E-state index in [1.165, 1.54) is 0 Å². The molecule has 0 saturated heterocycles. The quantitative estimate of drug-likeness (QED) is 0.623. The Morgan fingerprint density at radius 3 is 2.67 bits per heavy atom. The van der Waals surface area contributed by atoms with Gasteiger partial charge in [0.1, 0.15) is 10.8 Å². The molecule has 0 amide bonds. The van der Waals surface area contributed by atoms with Crippen LogP contribution in [-0.4, -0.2) is 34.6 Å². The van der Waals surface area contributed by atoms with Crippen LogP contribution in [0.15, 0.2) is 60.1 Å². The molecule has 1 aromatic heterocycles. The van der Waals surface area contributed by atoms with Crippen molar-refractivity contribution < 1.29 is 14.6 Å². The molecular formula is C21H22N2O3S. The number of ether oxygens (including phenoxy) is 1. The molecule has 1 atom stereocenters. The Bertz CT molecular complexity index is 882. The van der Waals surface area contributed by atoms with Gasteiger partial charge < -0.3 is 9.84 Å². The molecule has 0 radical (unpaired) electrons. The summed E-state index contributed by atoms with van der Waals surface area (Å²) in [5.41, 5.74) is 3.13. The smallest absolute Gasteiger partial charge is 0.341 e. The van der Waals surface area contributed by atoms with Crippen LogP contribution in [0, 0.1) is 0 Å². The fourth-order valence-corrected chi connectivity index (χ4v) is 3.59. The summed E-state index contributed by atoms with van der Waals surface area (Å²) in [6.07, 6.45) is 1.81. The summed E-state index contributed by atoms with van der Waals surface area (Å²) in [5.74, 6) is -0.395. The molecule has 0 aliphatic rings. The average Bonchev–Trinajstić information content (AvgIpc) is 3.21. The molecule has 0 fully saturated rings. The van der Waals surface area contributed by atoms with E-state index in [0.717, 1.165) is 21.7 Å². The first-order chi connectivity index (χ1) is 13.0. The van der Waals surface area contributed by atoms with E-state index >= 15 is 0 Å². The summed E-state index contributed by atoms with van der Waals surface area (Å²) in [4.78, 5) is 17.5. The Morgan fingerprint density at radius 2 is 2.00 bits per heavy atom. The van der Waals surface area contributed by atoms with Crippen LogP contribution in [0.4, 0.5) is 0 Å². The first-order valence-electron chi connectivity index (χ1n) is 8.67. The Kier molecular flexibility index (Phi) is 6.21. The minimum atomic E-state index is -0.988. The van der Waals surface area contributed by atoms with Gasteiger partial charge in [0.2, 0.25) is 0 Å². The van der Waals surface area contributed by atoms with Crippen molar-refractivity contribution in [2.75, 3.05) is 13.7 Å². The summed E-state index contributed by atoms with van der Waals surface area (Å²) in [6.45, 7) is 2.37. The molecule has 2 aromatic carbocycles. The van der Waals surface area contributed by atoms with Crippen molar-refractivity contribution in [1.82, 2.24) is 9.88 Å². The summed E-state index contributed by atoms with van der Waals surface area (Å²) >= 11 is 1.63. The van der Waals surface area contributed by atoms with E-state index in [-0.39, 0.29) is 12.6 Å². The lowest BCUT2D eigenvalue weighted by Gasteiger charge is -2.24. The summed E-state index contributed by atoms with van der Waals surface area (Å²) in [6, 6.07) is 16.1. The largest absolute Gasteiger partial charge is 0.482 e. The van der Waals surface area contributed by atoms with Crippen LogP contribution in [0.5, 0.6) is 5.75 Å². The molecule has 0 aliphatic carbocycles. The number of aliphatic carboxylic acids is 1. The Hall–Kier alpha value is -2.70. The zero-order valence-electron chi connectivity index (χ0n) is 15.3. The van der Waals surface area contributed by atoms with Crippen LogP contribution in [0.1, 0.15) is 23.5 Å². The van der Waals surface area contributed by atoms with E-state index in [1.807, 2.05) is 49.0 Å². The van der Waals surface area contributed by atoms with Crippen LogP contribution in [0.2, 0.25) is 0 Å². The van der Waals surface area contributed by atoms with Crippen molar-refractivity contribution in [3.05, 3.63) is 70.7 Å². The van der Waals surface area contributed by atoms with Gasteiger partial charge in [-0.25, -0.2) is 9.78 Å². The Labute approximate surface area is 162 Å². The van der Waals surface area contributed by atoms with Gasteiger partial charge in [0, 0.05) is 23.7 Å². The van der Waals surface area contributed by atoms with E-state index in [4.69, 9.17) is 9.84 Å². The third-order valence-electron chi connectivity index (χ3n) is 4.41. The summed E-state index contributed by atoms with van der Waals surface area (Å²) in [7, 11) is 2.03. The number of rotatable bonds is 8. The van der Waals surface area contributed by atoms with E-state index in [0.29, 0.717) is 12.3 Å². The highest BCUT2D eigenvalue weighted by Gasteiger charge is 2.17. The second-order valence-corrected chi connectivity index (χ2v) is 7.26. The molecule has 1 N–H and O–H groups in total. The number of thiazole rings is 1. The van der Waals surface area contributed by atoms with Gasteiger partial charge >= 0.3 is 5.97 Å². The molecule has 3 rings (SSSR count). The molecule has 27 heavy (non-hydrogen) atoms. The molecule has 0 saturated carbocycles. The lowest BCUT2D eigenvalue weighted by atomic mass is 10.0. The van der Waals surface area contributed by atoms with Crippen molar-refractivity contribution >= 4 is 17.3 Å². The van der Waals surface area contributed by atoms with Gasteiger partial charge in [0.25, 0.3) is 0 Å². The van der Waals surface area contributed by atoms with Crippen LogP contribution in [-0.2, 0) is 11.3 Å². The molecule has 6 heteroatoms. The zero-order chi connectivity index (χ0) is 19.2. The van der Waals surface area contributed by atoms with Crippen LogP contribution < -0.4 is 4.74 Å². The van der Waals surface area contributed by atoms with E-state index < -0.39 is 5.97 Å². The van der Waals surface area contributed by atoms with Gasteiger partial charge in [-0.1, -0.05) is 36.4 Å². The molecular weight excluding hydrogens is 360 g/mol. The lowest BCUT2D eigenvalue weighted by Crippen LogP contribution is -2.22. The lowest BCUT2D eigenvalue weighted by molar-refractivity contribution is -0.139. The minimum absolute atomic E-state index is 0.151. The highest BCUT2D eigenvalue weighted by atomic mass is 32.1. The fourth-order valence-electron chi connectivity index (χ4n) is 2.83. The van der Waals surface area contributed by atoms with Crippen molar-refractivity contribution in [2.45, 2.75) is 19.5 Å². The van der Waals surface area contributed by atoms with Gasteiger partial charge in [-0.05, 0) is 37.2 Å². The van der Waals surface area contributed by atoms with Crippen molar-refractivity contribution in [3.8, 4) is 16.9 Å². The number of benzene rings is 2. The number of carboxylic acids is 1. The Balaban J connectivity index is 1.87. The van der Waals surface area contributed by atoms with Gasteiger partial charge in [-0.2, -0.15) is 0 Å². The number of aromatic nitrogens is 1. The molecule has 0 aliphatic heterocycles. The maximum absolute atomic E-state index is 10.9. The van der Waals surface area contributed by atoms with E-state index in [2.05, 4.69) is 35.0 Å². The average molecular weight is 382 g/mol. The standard InChI is InChI=1S/C21H22N2O3S/c1-15(21-22-10-11-27-21)23(2)13-18-12-17(16-6-4-3-5-7-16)8-9-19(18)26-14-20(24)25/h3-12,15H,13-14H2,1-2H3,(H,24,25)/t15-/m0/s1. The summed E-state index contributed by atoms with van der Waals surface area (Å²) < 4.78 is 5.52. The van der Waals surface area contributed by atoms with Crippen LogP contribution >= 0.6 is 11.3 Å². The molecule has 3 aromatic rings. The minimum Gasteiger partial charge on any atom is -0.482 e. The fraction of sp³-hybridized carbons (Fsp3) is 0.238. The first-order valence-corrected chi connectivity index (χ1v) is 9.55. The van der Waals surface area contributed by atoms with Gasteiger partial charge in [-0.15, -0.1) is 11.3 Å². The van der Waals surface area contributed by atoms with Crippen LogP contribution in [0.3, 0.4) is 0 Å². The summed E-state index contributed by atoms with van der Waals surface area (Å²) in [5, 5.41) is 12.0. The normalized spacial score (nSPS) is 12.1. The van der Waals surface area contributed by atoms with Crippen LogP contribution in [0.25, 0.3) is 11.1 Å². The number of carbonyl (C=O) groups is 1. The van der Waals surface area contributed by atoms with Gasteiger partial charge in [-0.3, -0.25) is 4.90 Å². The van der Waals surface area contributed by atoms with E-state index in [9.17, 15) is 4.79 Å². The second kappa shape index (κ2) is 8.79. The molecule has 0 bridgehead atoms. The molecule has 5 nitrogen and oxygen atoms in total. The topological polar surface area (TPSA) is 62.7 Å². The van der Waals surface area contributed by atoms with E-state index in [1.54, 1.807) is 11.3 Å². The number of hydrogen-bond donors (Lipinski definition) is 1. The van der Waals surface area contributed by atoms with Gasteiger partial charge in [0.15, 0.2) is 6.61 Å². The van der Waals surface area contributed by atoms with Gasteiger partial charge in [0.05, 0.1) is 6.04 Å². The molecule has 140 valence electrons. The highest BCUT2D eigenvalue weighted by Crippen LogP contribution is 2.30. The molecule has 0 spiro atoms. The first kappa shape index (κ1) is 19.1. The maximum atomic E-state index is 10.9. The number of nitrogens with zero attached hydrogens (tertiary/aromatic N) is 2. The number of carboxylic acid groups (broad SMARTS) is 1. The SMILES string of the molecule is C[C@@H](c1nccs1)N(C)Cc1cc(-c2ccccc2)ccc1OCC(=O)O. The predicted octanol–water partition coefficient (Wildman–Crippen LogP) is 4.47. The predicted molar refractivity (Wildman–Crippen MR) is 107 cm³/mol. The van der Waals surface area contributed by atoms with Crippen molar-refractivity contribution in [1.29, 1.82) is 0 Å². The van der Waals surface area contributed by atoms with Crippen molar-refractivity contribution in [2.24, 2.45) is 0 Å². The Morgan fingerprint density at radius 1 is 1.22 bits per heavy atom. The second-order valence-electron chi connectivity index (χ2n) is 6.33. The number of hydrogen-bond acceptors (Lipinski definition) is 5. The zero-order valence-corrected chi connectivity index (χ0v) is 16.1. The van der Waals surface area contributed by atoms with Crippen molar-refractivity contribution in [3.63, 3.8) is 0 Å². The molecule has 1 heterocycles. The third-order valence-corrected chi connectivity index (χ3v) is 5.35. The highest BCUT2D eigenvalue weighted by molar-refractivity contribution is 7.09. The maximum Gasteiger partial charge on any atom is 0.341 e. The molecule has 0 unspecified atom stereocenters. The monoisotopic (exact) mass is 382 g/mol. The third kappa shape index (κ3) is 4.93.